The predicted molar refractivity (Wildman–Crippen MR) is 103 cm³/mol. The summed E-state index contributed by atoms with van der Waals surface area (Å²) in [5.74, 6) is 0.620. The van der Waals surface area contributed by atoms with Crippen molar-refractivity contribution in [2.75, 3.05) is 40.3 Å². The van der Waals surface area contributed by atoms with Gasteiger partial charge in [-0.1, -0.05) is 60.7 Å². The number of likely N-dealkylation sites (N-methyl/N-ethyl adjacent to an activating group) is 1. The van der Waals surface area contributed by atoms with Crippen molar-refractivity contribution < 1.29 is 4.79 Å². The van der Waals surface area contributed by atoms with Crippen LogP contribution in [-0.2, 0) is 0 Å². The second-order valence-electron chi connectivity index (χ2n) is 7.25. The lowest BCUT2D eigenvalue weighted by Gasteiger charge is -2.38. The van der Waals surface area contributed by atoms with Gasteiger partial charge in [-0.2, -0.15) is 0 Å². The predicted octanol–water partition coefficient (Wildman–Crippen LogP) is 3.54. The van der Waals surface area contributed by atoms with Crippen molar-refractivity contribution in [3.05, 3.63) is 71.8 Å². The van der Waals surface area contributed by atoms with Crippen molar-refractivity contribution in [3.8, 4) is 0 Å². The number of carbonyl (C=O) groups is 1. The molecule has 1 aliphatic heterocycles. The Bertz CT molecular complexity index is 669. The lowest BCUT2D eigenvalue weighted by molar-refractivity contribution is 0.0770. The Labute approximate surface area is 151 Å². The fourth-order valence-corrected chi connectivity index (χ4v) is 3.75. The van der Waals surface area contributed by atoms with E-state index in [1.807, 2.05) is 36.4 Å². The minimum Gasteiger partial charge on any atom is -0.308 e. The van der Waals surface area contributed by atoms with Crippen LogP contribution in [0.1, 0.15) is 28.3 Å². The van der Waals surface area contributed by atoms with Gasteiger partial charge in [-0.15, -0.1) is 0 Å². The van der Waals surface area contributed by atoms with E-state index in [0.717, 1.165) is 38.2 Å². The highest BCUT2D eigenvalue weighted by Crippen LogP contribution is 2.35. The normalized spacial score (nSPS) is 21.4. The fourth-order valence-electron chi connectivity index (χ4n) is 3.75. The van der Waals surface area contributed by atoms with Crippen LogP contribution in [0.3, 0.4) is 0 Å². The van der Waals surface area contributed by atoms with Crippen molar-refractivity contribution in [2.24, 2.45) is 5.92 Å². The third-order valence-electron chi connectivity index (χ3n) is 5.18. The number of rotatable bonds is 6. The third-order valence-corrected chi connectivity index (χ3v) is 5.18. The van der Waals surface area contributed by atoms with Crippen LogP contribution >= 0.6 is 0 Å². The van der Waals surface area contributed by atoms with Crippen LogP contribution in [0, 0.1) is 5.92 Å². The number of benzene rings is 2. The van der Waals surface area contributed by atoms with Gasteiger partial charge < -0.3 is 9.80 Å². The molecule has 2 atom stereocenters. The van der Waals surface area contributed by atoms with Crippen LogP contribution in [0.2, 0.25) is 0 Å². The van der Waals surface area contributed by atoms with Crippen molar-refractivity contribution in [2.45, 2.75) is 12.3 Å². The second kappa shape index (κ2) is 8.41. The average molecular weight is 336 g/mol. The summed E-state index contributed by atoms with van der Waals surface area (Å²) in [5, 5.41) is 0. The van der Waals surface area contributed by atoms with Gasteiger partial charge in [-0.25, -0.2) is 0 Å². The summed E-state index contributed by atoms with van der Waals surface area (Å²) >= 11 is 0. The van der Waals surface area contributed by atoms with Gasteiger partial charge in [-0.05, 0) is 38.5 Å². The van der Waals surface area contributed by atoms with Crippen molar-refractivity contribution >= 4 is 5.78 Å². The number of carbonyl (C=O) groups excluding carboxylic acids is 1. The Morgan fingerprint density at radius 3 is 2.32 bits per heavy atom. The summed E-state index contributed by atoms with van der Waals surface area (Å²) in [7, 11) is 4.20. The van der Waals surface area contributed by atoms with Crippen LogP contribution in [0.5, 0.6) is 0 Å². The number of hydrogen-bond acceptors (Lipinski definition) is 3. The lowest BCUT2D eigenvalue weighted by atomic mass is 9.76. The molecule has 1 fully saturated rings. The molecule has 0 aliphatic carbocycles. The highest BCUT2D eigenvalue weighted by atomic mass is 16.1. The van der Waals surface area contributed by atoms with E-state index in [0.29, 0.717) is 5.92 Å². The summed E-state index contributed by atoms with van der Waals surface area (Å²) in [6.07, 6.45) is 1.04. The SMILES string of the molecule is CN(C)CCN1CC[C@H](c2ccccc2)[C@H](C(=O)c2ccccc2)C1. The van der Waals surface area contributed by atoms with Gasteiger partial charge in [0.1, 0.15) is 0 Å². The van der Waals surface area contributed by atoms with Gasteiger partial charge in [0.15, 0.2) is 5.78 Å². The van der Waals surface area contributed by atoms with Crippen LogP contribution in [0.4, 0.5) is 0 Å². The molecule has 0 amide bonds. The summed E-state index contributed by atoms with van der Waals surface area (Å²) in [6, 6.07) is 20.3. The second-order valence-corrected chi connectivity index (χ2v) is 7.25. The minimum atomic E-state index is 0.0284. The van der Waals surface area contributed by atoms with E-state index >= 15 is 0 Å². The Morgan fingerprint density at radius 2 is 1.68 bits per heavy atom. The summed E-state index contributed by atoms with van der Waals surface area (Å²) in [5.41, 5.74) is 2.13. The van der Waals surface area contributed by atoms with Gasteiger partial charge in [-0.3, -0.25) is 4.79 Å². The maximum absolute atomic E-state index is 13.2. The molecule has 2 aromatic rings. The number of Topliss-reactive ketones (excluding diaryl/α,β-unsaturated/α-hetero) is 1. The summed E-state index contributed by atoms with van der Waals surface area (Å²) in [6.45, 7) is 3.96. The molecule has 0 saturated carbocycles. The summed E-state index contributed by atoms with van der Waals surface area (Å²) < 4.78 is 0. The maximum atomic E-state index is 13.2. The van der Waals surface area contributed by atoms with Gasteiger partial charge in [0, 0.05) is 31.1 Å². The van der Waals surface area contributed by atoms with Gasteiger partial charge >= 0.3 is 0 Å². The topological polar surface area (TPSA) is 23.6 Å². The maximum Gasteiger partial charge on any atom is 0.167 e. The summed E-state index contributed by atoms with van der Waals surface area (Å²) in [4.78, 5) is 17.9. The molecule has 1 saturated heterocycles. The van der Waals surface area contributed by atoms with E-state index in [-0.39, 0.29) is 11.7 Å². The number of likely N-dealkylation sites (tertiary alicyclic amines) is 1. The van der Waals surface area contributed by atoms with Crippen LogP contribution in [0.25, 0.3) is 0 Å². The van der Waals surface area contributed by atoms with E-state index in [2.05, 4.69) is 48.2 Å². The van der Waals surface area contributed by atoms with E-state index in [4.69, 9.17) is 0 Å². The van der Waals surface area contributed by atoms with E-state index in [1.54, 1.807) is 0 Å². The molecule has 0 aromatic heterocycles. The molecule has 3 nitrogen and oxygen atoms in total. The molecule has 1 aliphatic rings. The highest BCUT2D eigenvalue weighted by molar-refractivity contribution is 5.98. The molecule has 132 valence electrons. The van der Waals surface area contributed by atoms with Crippen LogP contribution in [-0.4, -0.2) is 55.9 Å². The quantitative estimate of drug-likeness (QED) is 0.754. The Kier molecular flexibility index (Phi) is 6.00. The molecule has 0 spiro atoms. The Morgan fingerprint density at radius 1 is 1.04 bits per heavy atom. The molecule has 3 heteroatoms. The molecule has 0 bridgehead atoms. The molecule has 1 heterocycles. The smallest absolute Gasteiger partial charge is 0.167 e. The standard InChI is InChI=1S/C22H28N2O/c1-23(2)15-16-24-14-13-20(18-9-5-3-6-10-18)21(17-24)22(25)19-11-7-4-8-12-19/h3-12,20-21H,13-17H2,1-2H3/t20-,21-/m1/s1. The lowest BCUT2D eigenvalue weighted by Crippen LogP contribution is -2.45. The molecular formula is C22H28N2O. The largest absolute Gasteiger partial charge is 0.308 e. The number of ketones is 1. The molecule has 0 radical (unpaired) electrons. The van der Waals surface area contributed by atoms with Crippen LogP contribution < -0.4 is 0 Å². The number of piperidine rings is 1. The molecule has 25 heavy (non-hydrogen) atoms. The Balaban J connectivity index is 1.82. The third kappa shape index (κ3) is 4.56. The highest BCUT2D eigenvalue weighted by Gasteiger charge is 2.35. The monoisotopic (exact) mass is 336 g/mol. The van der Waals surface area contributed by atoms with Gasteiger partial charge in [0.25, 0.3) is 0 Å². The first-order chi connectivity index (χ1) is 12.1. The first-order valence-corrected chi connectivity index (χ1v) is 9.16. The zero-order valence-corrected chi connectivity index (χ0v) is 15.3. The van der Waals surface area contributed by atoms with Crippen molar-refractivity contribution in [1.82, 2.24) is 9.80 Å². The van der Waals surface area contributed by atoms with Crippen LogP contribution in [0.15, 0.2) is 60.7 Å². The average Bonchev–Trinajstić information content (AvgIpc) is 2.67. The van der Waals surface area contributed by atoms with E-state index in [1.165, 1.54) is 5.56 Å². The first kappa shape index (κ1) is 17.8. The zero-order chi connectivity index (χ0) is 17.6. The van der Waals surface area contributed by atoms with E-state index in [9.17, 15) is 4.79 Å². The van der Waals surface area contributed by atoms with Gasteiger partial charge in [0.2, 0.25) is 0 Å². The van der Waals surface area contributed by atoms with Crippen molar-refractivity contribution in [3.63, 3.8) is 0 Å². The van der Waals surface area contributed by atoms with E-state index < -0.39 is 0 Å². The molecule has 0 unspecified atom stereocenters. The number of nitrogens with zero attached hydrogens (tertiary/aromatic N) is 2. The minimum absolute atomic E-state index is 0.0284. The molecule has 2 aromatic carbocycles. The molecule has 0 N–H and O–H groups in total. The fraction of sp³-hybridized carbons (Fsp3) is 0.409. The first-order valence-electron chi connectivity index (χ1n) is 9.16. The molecular weight excluding hydrogens is 308 g/mol. The van der Waals surface area contributed by atoms with Crippen molar-refractivity contribution in [1.29, 1.82) is 0 Å². The number of hydrogen-bond donors (Lipinski definition) is 0. The zero-order valence-electron chi connectivity index (χ0n) is 15.3. The van der Waals surface area contributed by atoms with Gasteiger partial charge in [0.05, 0.1) is 0 Å². The molecule has 3 rings (SSSR count). The Hall–Kier alpha value is -1.97.